The summed E-state index contributed by atoms with van der Waals surface area (Å²) < 4.78 is 68.4. The molecule has 0 bridgehead atoms. The number of aliphatic hydroxyl groups is 1. The van der Waals surface area contributed by atoms with Crippen molar-refractivity contribution in [1.29, 1.82) is 0 Å². The van der Waals surface area contributed by atoms with Gasteiger partial charge < -0.3 is 67.3 Å². The first-order chi connectivity index (χ1) is 31.8. The SMILES string of the molecule is CC(=O)C(N=Nc1ccc(OCCOCCOCC(C)OCC(C)OCC(C)OCC(C)OCC(C)OCC(C)OCCOCCOCCOCCO)cc1)C(=O)Nc1ccc(C)cc1C. The third-order valence-corrected chi connectivity index (χ3v) is 9.31. The van der Waals surface area contributed by atoms with Crippen molar-refractivity contribution >= 4 is 23.1 Å². The molecular weight excluding hydrogens is 859 g/mol. The number of carbonyl (C=O) groups is 2. The van der Waals surface area contributed by atoms with Crippen LogP contribution in [0.2, 0.25) is 0 Å². The van der Waals surface area contributed by atoms with Crippen LogP contribution in [0, 0.1) is 13.8 Å². The van der Waals surface area contributed by atoms with Gasteiger partial charge in [0, 0.05) is 5.69 Å². The van der Waals surface area contributed by atoms with Crippen molar-refractivity contribution < 1.29 is 71.5 Å². The van der Waals surface area contributed by atoms with Gasteiger partial charge >= 0.3 is 0 Å². The number of anilines is 1. The number of nitrogens with one attached hydrogen (secondary N) is 1. The molecule has 0 heterocycles. The number of hydrogen-bond acceptors (Lipinski definition) is 17. The van der Waals surface area contributed by atoms with Gasteiger partial charge in [0.05, 0.1) is 155 Å². The molecule has 2 N–H and O–H groups in total. The summed E-state index contributed by atoms with van der Waals surface area (Å²) in [4.78, 5) is 24.9. The number of benzene rings is 2. The Labute approximate surface area is 392 Å². The molecule has 7 atom stereocenters. The first-order valence-electron chi connectivity index (χ1n) is 23.0. The summed E-state index contributed by atoms with van der Waals surface area (Å²) in [5, 5.41) is 19.6. The van der Waals surface area contributed by atoms with Crippen LogP contribution in [0.4, 0.5) is 11.4 Å². The molecular formula is C48H79N3O15. The number of azo groups is 1. The number of Topliss-reactive ketones (excluding diaryl/α,β-unsaturated/α-hetero) is 1. The number of rotatable bonds is 41. The zero-order chi connectivity index (χ0) is 48.4. The van der Waals surface area contributed by atoms with Crippen molar-refractivity contribution in [2.45, 2.75) is 105 Å². The Morgan fingerprint density at radius 3 is 1.47 bits per heavy atom. The van der Waals surface area contributed by atoms with E-state index >= 15 is 0 Å². The molecule has 18 heteroatoms. The monoisotopic (exact) mass is 938 g/mol. The van der Waals surface area contributed by atoms with Crippen LogP contribution in [0.5, 0.6) is 5.75 Å². The molecule has 0 spiro atoms. The zero-order valence-corrected chi connectivity index (χ0v) is 40.9. The summed E-state index contributed by atoms with van der Waals surface area (Å²) in [7, 11) is 0. The van der Waals surface area contributed by atoms with Crippen molar-refractivity contribution in [2.75, 3.05) is 124 Å². The van der Waals surface area contributed by atoms with Crippen LogP contribution in [0.3, 0.4) is 0 Å². The number of carbonyl (C=O) groups excluding carboxylic acids is 2. The van der Waals surface area contributed by atoms with Crippen molar-refractivity contribution in [3.63, 3.8) is 0 Å². The fourth-order valence-corrected chi connectivity index (χ4v) is 5.60. The highest BCUT2D eigenvalue weighted by molar-refractivity contribution is 6.10. The third-order valence-electron chi connectivity index (χ3n) is 9.31. The minimum absolute atomic E-state index is 0.0115. The lowest BCUT2D eigenvalue weighted by molar-refractivity contribution is -0.126. The molecule has 0 saturated heterocycles. The van der Waals surface area contributed by atoms with E-state index in [1.54, 1.807) is 30.3 Å². The van der Waals surface area contributed by atoms with Gasteiger partial charge in [0.25, 0.3) is 5.91 Å². The predicted octanol–water partition coefficient (Wildman–Crippen LogP) is 5.87. The molecule has 1 amide bonds. The van der Waals surface area contributed by atoms with Gasteiger partial charge in [-0.1, -0.05) is 17.7 Å². The second-order valence-electron chi connectivity index (χ2n) is 16.0. The third kappa shape index (κ3) is 29.3. The molecule has 0 aliphatic carbocycles. The Morgan fingerprint density at radius 2 is 0.985 bits per heavy atom. The lowest BCUT2D eigenvalue weighted by atomic mass is 10.1. The molecule has 376 valence electrons. The topological polar surface area (TPSA) is 202 Å². The highest BCUT2D eigenvalue weighted by atomic mass is 16.6. The molecule has 7 unspecified atom stereocenters. The molecule has 0 radical (unpaired) electrons. The van der Waals surface area contributed by atoms with Gasteiger partial charge in [0.15, 0.2) is 5.78 Å². The molecule has 2 rings (SSSR count). The highest BCUT2D eigenvalue weighted by Gasteiger charge is 2.24. The Hall–Kier alpha value is -3.50. The van der Waals surface area contributed by atoms with Crippen molar-refractivity contribution in [3.8, 4) is 5.75 Å². The number of aryl methyl sites for hydroxylation is 2. The van der Waals surface area contributed by atoms with E-state index in [9.17, 15) is 9.59 Å². The van der Waals surface area contributed by atoms with E-state index in [4.69, 9.17) is 61.9 Å². The minimum Gasteiger partial charge on any atom is -0.491 e. The van der Waals surface area contributed by atoms with Gasteiger partial charge in [-0.25, -0.2) is 0 Å². The van der Waals surface area contributed by atoms with Gasteiger partial charge in [-0.15, -0.1) is 0 Å². The van der Waals surface area contributed by atoms with Gasteiger partial charge in [-0.3, -0.25) is 9.59 Å². The van der Waals surface area contributed by atoms with Crippen LogP contribution in [0.25, 0.3) is 0 Å². The number of hydrogen-bond donors (Lipinski definition) is 2. The normalized spacial score (nSPS) is 15.0. The number of amides is 1. The predicted molar refractivity (Wildman–Crippen MR) is 249 cm³/mol. The molecule has 18 nitrogen and oxygen atoms in total. The summed E-state index contributed by atoms with van der Waals surface area (Å²) in [6.07, 6.45) is -0.625. The quantitative estimate of drug-likeness (QED) is 0.0455. The molecule has 0 aromatic heterocycles. The van der Waals surface area contributed by atoms with E-state index in [0.717, 1.165) is 11.1 Å². The smallest absolute Gasteiger partial charge is 0.258 e. The molecule has 2 aromatic carbocycles. The summed E-state index contributed by atoms with van der Waals surface area (Å²) >= 11 is 0. The van der Waals surface area contributed by atoms with Gasteiger partial charge in [0.2, 0.25) is 6.04 Å². The zero-order valence-electron chi connectivity index (χ0n) is 40.9. The van der Waals surface area contributed by atoms with E-state index in [2.05, 4.69) is 15.5 Å². The van der Waals surface area contributed by atoms with E-state index in [1.165, 1.54) is 6.92 Å². The second-order valence-corrected chi connectivity index (χ2v) is 16.0. The van der Waals surface area contributed by atoms with Crippen LogP contribution < -0.4 is 10.1 Å². The Balaban J connectivity index is 1.44. The van der Waals surface area contributed by atoms with Gasteiger partial charge in [0.1, 0.15) is 12.4 Å². The van der Waals surface area contributed by atoms with Crippen LogP contribution in [0.1, 0.15) is 59.6 Å². The maximum Gasteiger partial charge on any atom is 0.258 e. The highest BCUT2D eigenvalue weighted by Crippen LogP contribution is 2.20. The minimum atomic E-state index is -1.26. The molecule has 0 saturated carbocycles. The summed E-state index contributed by atoms with van der Waals surface area (Å²) in [5.74, 6) is -0.328. The number of aliphatic hydroxyl groups excluding tert-OH is 1. The Bertz CT molecular complexity index is 1590. The lowest BCUT2D eigenvalue weighted by Crippen LogP contribution is -2.32. The van der Waals surface area contributed by atoms with Crippen molar-refractivity contribution in [1.82, 2.24) is 0 Å². The molecule has 66 heavy (non-hydrogen) atoms. The van der Waals surface area contributed by atoms with E-state index < -0.39 is 17.7 Å². The lowest BCUT2D eigenvalue weighted by Gasteiger charge is -2.22. The first kappa shape index (κ1) is 58.6. The van der Waals surface area contributed by atoms with E-state index in [0.29, 0.717) is 129 Å². The van der Waals surface area contributed by atoms with Crippen LogP contribution in [-0.4, -0.2) is 178 Å². The standard InChI is InChI=1S/C48H79N3O15/c1-35-10-15-46(36(2)28-35)49-48(54)47(43(9)53)51-50-44-11-13-45(14-12-44)61-27-25-58-22-23-59-29-37(3)62-31-39(5)64-33-41(7)66-34-42(8)65-32-40(6)63-30-38(4)60-26-24-57-21-20-56-19-18-55-17-16-52/h10-15,28,37-42,47,52H,16-27,29-34H2,1-9H3,(H,49,54). The molecule has 0 aliphatic rings. The number of ether oxygens (including phenoxy) is 12. The Morgan fingerprint density at radius 1 is 0.545 bits per heavy atom. The fourth-order valence-electron chi connectivity index (χ4n) is 5.60. The average Bonchev–Trinajstić information content (AvgIpc) is 3.29. The number of ketones is 1. The maximum atomic E-state index is 12.8. The maximum absolute atomic E-state index is 12.8. The average molecular weight is 938 g/mol. The molecule has 0 fully saturated rings. The first-order valence-corrected chi connectivity index (χ1v) is 23.0. The van der Waals surface area contributed by atoms with E-state index in [-0.39, 0.29) is 43.2 Å². The van der Waals surface area contributed by atoms with Gasteiger partial charge in [-0.2, -0.15) is 10.2 Å². The number of nitrogens with zero attached hydrogens (tertiary/aromatic N) is 2. The summed E-state index contributed by atoms with van der Waals surface area (Å²) in [6.45, 7) is 24.2. The Kier molecular flexibility index (Phi) is 32.4. The summed E-state index contributed by atoms with van der Waals surface area (Å²) in [6, 6.07) is 11.2. The fraction of sp³-hybridized carbons (Fsp3) is 0.708. The summed E-state index contributed by atoms with van der Waals surface area (Å²) in [5.41, 5.74) is 3.07. The van der Waals surface area contributed by atoms with Crippen molar-refractivity contribution in [3.05, 3.63) is 53.6 Å². The molecule has 2 aromatic rings. The van der Waals surface area contributed by atoms with Crippen molar-refractivity contribution in [2.24, 2.45) is 10.2 Å². The largest absolute Gasteiger partial charge is 0.491 e. The molecule has 0 aliphatic heterocycles. The van der Waals surface area contributed by atoms with Gasteiger partial charge in [-0.05, 0) is 98.2 Å². The van der Waals surface area contributed by atoms with E-state index in [1.807, 2.05) is 67.5 Å². The van der Waals surface area contributed by atoms with Crippen LogP contribution in [0.15, 0.2) is 52.7 Å². The second kappa shape index (κ2) is 36.5. The van der Waals surface area contributed by atoms with Crippen LogP contribution >= 0.6 is 0 Å². The van der Waals surface area contributed by atoms with Crippen LogP contribution in [-0.2, 0) is 61.7 Å².